The maximum Gasteiger partial charge on any atom is 0.226 e. The number of rotatable bonds is 5. The molecule has 0 aliphatic heterocycles. The van der Waals surface area contributed by atoms with Crippen LogP contribution in [0.3, 0.4) is 0 Å². The molecule has 1 amide bonds. The van der Waals surface area contributed by atoms with Crippen molar-refractivity contribution < 1.29 is 4.79 Å². The topological polar surface area (TPSA) is 42.0 Å². The average Bonchev–Trinajstić information content (AvgIpc) is 3.32. The van der Waals surface area contributed by atoms with E-state index in [1.54, 1.807) is 22.7 Å². The summed E-state index contributed by atoms with van der Waals surface area (Å²) in [6, 6.07) is 18.5. The number of benzene rings is 2. The minimum absolute atomic E-state index is 0.00605. The zero-order valence-electron chi connectivity index (χ0n) is 14.3. The summed E-state index contributed by atoms with van der Waals surface area (Å²) in [5, 5.41) is 10.5. The van der Waals surface area contributed by atoms with Crippen LogP contribution in [-0.4, -0.2) is 10.9 Å². The van der Waals surface area contributed by atoms with Crippen molar-refractivity contribution in [1.82, 2.24) is 10.3 Å². The molecule has 5 heteroatoms. The molecule has 0 spiro atoms. The van der Waals surface area contributed by atoms with E-state index in [4.69, 9.17) is 0 Å². The van der Waals surface area contributed by atoms with E-state index in [0.717, 1.165) is 21.1 Å². The summed E-state index contributed by atoms with van der Waals surface area (Å²) < 4.78 is 0. The Morgan fingerprint density at radius 1 is 1.08 bits per heavy atom. The SMILES string of the molecule is CC(NC(=O)Cc1csc(-c2cccs2)n1)c1cccc2ccccc12. The average molecular weight is 379 g/mol. The first kappa shape index (κ1) is 16.9. The van der Waals surface area contributed by atoms with E-state index in [0.29, 0.717) is 6.42 Å². The highest BCUT2D eigenvalue weighted by Gasteiger charge is 2.14. The Bertz CT molecular complexity index is 1030. The zero-order chi connectivity index (χ0) is 17.9. The van der Waals surface area contributed by atoms with Gasteiger partial charge < -0.3 is 5.32 Å². The largest absolute Gasteiger partial charge is 0.349 e. The third-order valence-electron chi connectivity index (χ3n) is 4.29. The van der Waals surface area contributed by atoms with Gasteiger partial charge in [0.05, 0.1) is 23.0 Å². The summed E-state index contributed by atoms with van der Waals surface area (Å²) >= 11 is 3.25. The molecular formula is C21H18N2OS2. The van der Waals surface area contributed by atoms with Crippen LogP contribution in [0.1, 0.15) is 24.2 Å². The Kier molecular flexibility index (Phi) is 4.82. The van der Waals surface area contributed by atoms with Gasteiger partial charge >= 0.3 is 0 Å². The van der Waals surface area contributed by atoms with Crippen molar-refractivity contribution in [1.29, 1.82) is 0 Å². The molecule has 0 fully saturated rings. The Morgan fingerprint density at radius 3 is 2.77 bits per heavy atom. The first-order chi connectivity index (χ1) is 12.7. The minimum Gasteiger partial charge on any atom is -0.349 e. The zero-order valence-corrected chi connectivity index (χ0v) is 15.9. The number of thiophene rings is 1. The summed E-state index contributed by atoms with van der Waals surface area (Å²) in [6.45, 7) is 2.03. The normalized spacial score (nSPS) is 12.2. The highest BCUT2D eigenvalue weighted by atomic mass is 32.1. The predicted molar refractivity (Wildman–Crippen MR) is 110 cm³/mol. The number of amides is 1. The van der Waals surface area contributed by atoms with Crippen LogP contribution in [0.2, 0.25) is 0 Å². The molecule has 1 atom stereocenters. The van der Waals surface area contributed by atoms with Gasteiger partial charge in [-0.15, -0.1) is 22.7 Å². The molecule has 3 nitrogen and oxygen atoms in total. The van der Waals surface area contributed by atoms with Gasteiger partial charge in [0.15, 0.2) is 0 Å². The summed E-state index contributed by atoms with van der Waals surface area (Å²) in [4.78, 5) is 18.2. The first-order valence-corrected chi connectivity index (χ1v) is 10.2. The second kappa shape index (κ2) is 7.40. The van der Waals surface area contributed by atoms with Crippen molar-refractivity contribution in [2.75, 3.05) is 0 Å². The van der Waals surface area contributed by atoms with E-state index in [1.807, 2.05) is 41.9 Å². The number of nitrogens with one attached hydrogen (secondary N) is 1. The third kappa shape index (κ3) is 3.54. The maximum atomic E-state index is 12.5. The van der Waals surface area contributed by atoms with Crippen LogP contribution in [0.4, 0.5) is 0 Å². The third-order valence-corrected chi connectivity index (χ3v) is 6.22. The lowest BCUT2D eigenvalue weighted by atomic mass is 9.99. The van der Waals surface area contributed by atoms with Gasteiger partial charge in [-0.1, -0.05) is 48.5 Å². The van der Waals surface area contributed by atoms with E-state index in [1.165, 1.54) is 10.8 Å². The standard InChI is InChI=1S/C21H18N2OS2/c1-14(17-9-4-7-15-6-2-3-8-18(15)17)22-20(24)12-16-13-26-21(23-16)19-10-5-11-25-19/h2-11,13-14H,12H2,1H3,(H,22,24). The van der Waals surface area contributed by atoms with Crippen LogP contribution in [0, 0.1) is 0 Å². The molecule has 0 aliphatic carbocycles. The van der Waals surface area contributed by atoms with Crippen molar-refractivity contribution in [3.63, 3.8) is 0 Å². The fourth-order valence-electron chi connectivity index (χ4n) is 3.06. The number of hydrogen-bond donors (Lipinski definition) is 1. The van der Waals surface area contributed by atoms with Gasteiger partial charge in [-0.05, 0) is 34.7 Å². The lowest BCUT2D eigenvalue weighted by Crippen LogP contribution is -2.28. The minimum atomic E-state index is -0.0518. The highest BCUT2D eigenvalue weighted by Crippen LogP contribution is 2.28. The van der Waals surface area contributed by atoms with Gasteiger partial charge in [0, 0.05) is 5.38 Å². The van der Waals surface area contributed by atoms with Gasteiger partial charge in [0.1, 0.15) is 5.01 Å². The molecule has 0 radical (unpaired) electrons. The van der Waals surface area contributed by atoms with Crippen molar-refractivity contribution in [3.05, 3.63) is 76.6 Å². The van der Waals surface area contributed by atoms with Gasteiger partial charge in [-0.2, -0.15) is 0 Å². The summed E-state index contributed by atoms with van der Waals surface area (Å²) in [5.41, 5.74) is 1.95. The van der Waals surface area contributed by atoms with Crippen LogP contribution in [0.5, 0.6) is 0 Å². The number of carbonyl (C=O) groups is 1. The number of hydrogen-bond acceptors (Lipinski definition) is 4. The lowest BCUT2D eigenvalue weighted by Gasteiger charge is -2.16. The number of thiazole rings is 1. The summed E-state index contributed by atoms with van der Waals surface area (Å²) in [5.74, 6) is -0.00605. The molecule has 1 unspecified atom stereocenters. The summed E-state index contributed by atoms with van der Waals surface area (Å²) in [7, 11) is 0. The van der Waals surface area contributed by atoms with Crippen LogP contribution < -0.4 is 5.32 Å². The Hall–Kier alpha value is -2.50. The Morgan fingerprint density at radius 2 is 1.92 bits per heavy atom. The smallest absolute Gasteiger partial charge is 0.226 e. The van der Waals surface area contributed by atoms with Crippen LogP contribution in [-0.2, 0) is 11.2 Å². The molecule has 130 valence electrons. The van der Waals surface area contributed by atoms with E-state index in [9.17, 15) is 4.79 Å². The number of nitrogens with zero attached hydrogens (tertiary/aromatic N) is 1. The molecule has 0 aliphatic rings. The van der Waals surface area contributed by atoms with Crippen molar-refractivity contribution >= 4 is 39.4 Å². The van der Waals surface area contributed by atoms with Gasteiger partial charge in [-0.25, -0.2) is 4.98 Å². The van der Waals surface area contributed by atoms with Crippen molar-refractivity contribution in [3.8, 4) is 9.88 Å². The van der Waals surface area contributed by atoms with E-state index in [2.05, 4.69) is 40.6 Å². The van der Waals surface area contributed by atoms with Gasteiger partial charge in [-0.3, -0.25) is 4.79 Å². The quantitative estimate of drug-likeness (QED) is 0.502. The molecule has 26 heavy (non-hydrogen) atoms. The fraction of sp³-hybridized carbons (Fsp3) is 0.143. The number of carbonyl (C=O) groups excluding carboxylic acids is 1. The molecular weight excluding hydrogens is 360 g/mol. The fourth-order valence-corrected chi connectivity index (χ4v) is 4.70. The van der Waals surface area contributed by atoms with E-state index < -0.39 is 0 Å². The number of fused-ring (bicyclic) bond motifs is 1. The van der Waals surface area contributed by atoms with Gasteiger partial charge in [0.25, 0.3) is 0 Å². The Balaban J connectivity index is 1.46. The van der Waals surface area contributed by atoms with Crippen LogP contribution >= 0.6 is 22.7 Å². The Labute approximate surface area is 160 Å². The second-order valence-corrected chi connectivity index (χ2v) is 7.96. The molecule has 0 bridgehead atoms. The van der Waals surface area contributed by atoms with E-state index in [-0.39, 0.29) is 11.9 Å². The molecule has 0 saturated heterocycles. The van der Waals surface area contributed by atoms with Gasteiger partial charge in [0.2, 0.25) is 5.91 Å². The molecule has 0 saturated carbocycles. The molecule has 4 rings (SSSR count). The monoisotopic (exact) mass is 378 g/mol. The highest BCUT2D eigenvalue weighted by molar-refractivity contribution is 7.20. The van der Waals surface area contributed by atoms with Crippen molar-refractivity contribution in [2.45, 2.75) is 19.4 Å². The van der Waals surface area contributed by atoms with E-state index >= 15 is 0 Å². The predicted octanol–water partition coefficient (Wildman–Crippen LogP) is 5.44. The molecule has 2 aromatic carbocycles. The molecule has 1 N–H and O–H groups in total. The van der Waals surface area contributed by atoms with Crippen LogP contribution in [0.15, 0.2) is 65.4 Å². The van der Waals surface area contributed by atoms with Crippen molar-refractivity contribution in [2.24, 2.45) is 0 Å². The first-order valence-electron chi connectivity index (χ1n) is 8.46. The summed E-state index contributed by atoms with van der Waals surface area (Å²) in [6.07, 6.45) is 0.303. The van der Waals surface area contributed by atoms with Crippen LogP contribution in [0.25, 0.3) is 20.7 Å². The molecule has 2 heterocycles. The number of aromatic nitrogens is 1. The molecule has 4 aromatic rings. The maximum absolute atomic E-state index is 12.5. The molecule has 2 aromatic heterocycles. The lowest BCUT2D eigenvalue weighted by molar-refractivity contribution is -0.121. The second-order valence-electron chi connectivity index (χ2n) is 6.16.